The third-order valence-electron chi connectivity index (χ3n) is 4.91. The maximum Gasteiger partial charge on any atom is 0.274 e. The molecule has 2 heterocycles. The van der Waals surface area contributed by atoms with E-state index in [1.54, 1.807) is 24.3 Å². The zero-order chi connectivity index (χ0) is 20.1. The Kier molecular flexibility index (Phi) is 5.65. The van der Waals surface area contributed by atoms with Crippen LogP contribution >= 0.6 is 0 Å². The predicted octanol–water partition coefficient (Wildman–Crippen LogP) is 4.08. The van der Waals surface area contributed by atoms with Crippen LogP contribution < -0.4 is 15.5 Å². The molecule has 1 aliphatic heterocycles. The SMILES string of the molecule is O=C(Nc1ccc(N2CCCC2)cc1)c1cc(NCc2ccccc2F)ncn1. The van der Waals surface area contributed by atoms with Gasteiger partial charge in [0, 0.05) is 42.6 Å². The summed E-state index contributed by atoms with van der Waals surface area (Å²) >= 11 is 0. The molecule has 0 atom stereocenters. The van der Waals surface area contributed by atoms with Crippen molar-refractivity contribution in [3.63, 3.8) is 0 Å². The molecular formula is C22H22FN5O. The van der Waals surface area contributed by atoms with E-state index in [1.165, 1.54) is 30.9 Å². The lowest BCUT2D eigenvalue weighted by Gasteiger charge is -2.17. The van der Waals surface area contributed by atoms with Crippen molar-refractivity contribution in [1.29, 1.82) is 0 Å². The minimum Gasteiger partial charge on any atom is -0.372 e. The number of aromatic nitrogens is 2. The molecule has 4 rings (SSSR count). The van der Waals surface area contributed by atoms with Crippen LogP contribution in [0.4, 0.5) is 21.6 Å². The summed E-state index contributed by atoms with van der Waals surface area (Å²) in [5, 5.41) is 5.87. The molecule has 1 fully saturated rings. The molecular weight excluding hydrogens is 369 g/mol. The largest absolute Gasteiger partial charge is 0.372 e. The number of rotatable bonds is 6. The predicted molar refractivity (Wildman–Crippen MR) is 112 cm³/mol. The lowest BCUT2D eigenvalue weighted by Crippen LogP contribution is -2.18. The van der Waals surface area contributed by atoms with E-state index in [4.69, 9.17) is 0 Å². The van der Waals surface area contributed by atoms with Crippen molar-refractivity contribution in [1.82, 2.24) is 9.97 Å². The van der Waals surface area contributed by atoms with E-state index in [0.717, 1.165) is 13.1 Å². The first-order valence-corrected chi connectivity index (χ1v) is 9.65. The van der Waals surface area contributed by atoms with E-state index in [0.29, 0.717) is 17.1 Å². The number of carbonyl (C=O) groups excluding carboxylic acids is 1. The summed E-state index contributed by atoms with van der Waals surface area (Å²) in [6, 6.07) is 15.9. The summed E-state index contributed by atoms with van der Waals surface area (Å²) in [4.78, 5) is 23.0. The van der Waals surface area contributed by atoms with Gasteiger partial charge < -0.3 is 15.5 Å². The highest BCUT2D eigenvalue weighted by atomic mass is 19.1. The van der Waals surface area contributed by atoms with Crippen LogP contribution in [0.3, 0.4) is 0 Å². The van der Waals surface area contributed by atoms with E-state index in [9.17, 15) is 9.18 Å². The van der Waals surface area contributed by atoms with Crippen molar-refractivity contribution in [3.8, 4) is 0 Å². The van der Waals surface area contributed by atoms with Gasteiger partial charge in [0.25, 0.3) is 5.91 Å². The normalized spacial score (nSPS) is 13.3. The van der Waals surface area contributed by atoms with E-state index in [2.05, 4.69) is 25.5 Å². The van der Waals surface area contributed by atoms with Gasteiger partial charge in [-0.25, -0.2) is 14.4 Å². The van der Waals surface area contributed by atoms with Crippen molar-refractivity contribution in [2.75, 3.05) is 28.6 Å². The van der Waals surface area contributed by atoms with E-state index in [-0.39, 0.29) is 24.0 Å². The molecule has 2 aromatic carbocycles. The van der Waals surface area contributed by atoms with Gasteiger partial charge in [-0.05, 0) is 43.2 Å². The molecule has 1 aromatic heterocycles. The quantitative estimate of drug-likeness (QED) is 0.663. The van der Waals surface area contributed by atoms with Crippen molar-refractivity contribution >= 4 is 23.1 Å². The summed E-state index contributed by atoms with van der Waals surface area (Å²) in [5.74, 6) is -0.155. The molecule has 0 saturated carbocycles. The van der Waals surface area contributed by atoms with Gasteiger partial charge in [-0.2, -0.15) is 0 Å². The summed E-state index contributed by atoms with van der Waals surface area (Å²) in [5.41, 5.74) is 2.63. The number of benzene rings is 2. The fourth-order valence-corrected chi connectivity index (χ4v) is 3.33. The van der Waals surface area contributed by atoms with Gasteiger partial charge in [-0.3, -0.25) is 4.79 Å². The Hall–Kier alpha value is -3.48. The summed E-state index contributed by atoms with van der Waals surface area (Å²) in [6.45, 7) is 2.42. The highest BCUT2D eigenvalue weighted by Crippen LogP contribution is 2.22. The van der Waals surface area contributed by atoms with Crippen LogP contribution in [0.2, 0.25) is 0 Å². The van der Waals surface area contributed by atoms with Gasteiger partial charge in [-0.15, -0.1) is 0 Å². The molecule has 7 heteroatoms. The van der Waals surface area contributed by atoms with Crippen molar-refractivity contribution in [2.45, 2.75) is 19.4 Å². The monoisotopic (exact) mass is 391 g/mol. The van der Waals surface area contributed by atoms with E-state index < -0.39 is 0 Å². The van der Waals surface area contributed by atoms with Gasteiger partial charge >= 0.3 is 0 Å². The molecule has 0 spiro atoms. The first-order chi connectivity index (χ1) is 14.2. The van der Waals surface area contributed by atoms with Crippen LogP contribution in [-0.4, -0.2) is 29.0 Å². The van der Waals surface area contributed by atoms with E-state index in [1.807, 2.05) is 24.3 Å². The molecule has 29 heavy (non-hydrogen) atoms. The molecule has 0 aliphatic carbocycles. The molecule has 2 N–H and O–H groups in total. The zero-order valence-electron chi connectivity index (χ0n) is 15.9. The fourth-order valence-electron chi connectivity index (χ4n) is 3.33. The fraction of sp³-hybridized carbons (Fsp3) is 0.227. The maximum absolute atomic E-state index is 13.7. The molecule has 1 aliphatic rings. The van der Waals surface area contributed by atoms with E-state index >= 15 is 0 Å². The van der Waals surface area contributed by atoms with Gasteiger partial charge in [0.05, 0.1) is 0 Å². The zero-order valence-corrected chi connectivity index (χ0v) is 15.9. The minimum atomic E-state index is -0.324. The summed E-state index contributed by atoms with van der Waals surface area (Å²) in [7, 11) is 0. The van der Waals surface area contributed by atoms with Crippen LogP contribution in [0.5, 0.6) is 0 Å². The van der Waals surface area contributed by atoms with Crippen LogP contribution in [0.15, 0.2) is 60.9 Å². The highest BCUT2D eigenvalue weighted by Gasteiger charge is 2.13. The maximum atomic E-state index is 13.7. The molecule has 0 radical (unpaired) electrons. The Morgan fingerprint density at radius 1 is 1.03 bits per heavy atom. The average molecular weight is 391 g/mol. The molecule has 6 nitrogen and oxygen atoms in total. The van der Waals surface area contributed by atoms with Gasteiger partial charge in [-0.1, -0.05) is 18.2 Å². The standard InChI is InChI=1S/C22H22FN5O/c23-19-6-2-1-5-16(19)14-24-21-13-20(25-15-26-21)22(29)27-17-7-9-18(10-8-17)28-11-3-4-12-28/h1-2,5-10,13,15H,3-4,11-12,14H2,(H,27,29)(H,24,25,26). The Labute approximate surface area is 168 Å². The van der Waals surface area contributed by atoms with Crippen LogP contribution in [0.25, 0.3) is 0 Å². The number of nitrogens with zero attached hydrogens (tertiary/aromatic N) is 3. The first-order valence-electron chi connectivity index (χ1n) is 9.65. The molecule has 0 unspecified atom stereocenters. The number of halogens is 1. The van der Waals surface area contributed by atoms with Crippen LogP contribution in [0.1, 0.15) is 28.9 Å². The van der Waals surface area contributed by atoms with Gasteiger partial charge in [0.2, 0.25) is 0 Å². The lowest BCUT2D eigenvalue weighted by molar-refractivity contribution is 0.102. The number of carbonyl (C=O) groups is 1. The second-order valence-electron chi connectivity index (χ2n) is 6.93. The second-order valence-corrected chi connectivity index (χ2v) is 6.93. The van der Waals surface area contributed by atoms with Crippen molar-refractivity contribution in [3.05, 3.63) is 78.0 Å². The lowest BCUT2D eigenvalue weighted by atomic mass is 10.2. The van der Waals surface area contributed by atoms with Crippen molar-refractivity contribution in [2.24, 2.45) is 0 Å². The Balaban J connectivity index is 1.38. The molecule has 148 valence electrons. The molecule has 3 aromatic rings. The minimum absolute atomic E-state index is 0.236. The number of hydrogen-bond acceptors (Lipinski definition) is 5. The number of anilines is 3. The molecule has 1 saturated heterocycles. The van der Waals surface area contributed by atoms with Crippen molar-refractivity contribution < 1.29 is 9.18 Å². The Bertz CT molecular complexity index is 987. The molecule has 0 bridgehead atoms. The van der Waals surface area contributed by atoms with Gasteiger partial charge in [0.15, 0.2) is 0 Å². The Morgan fingerprint density at radius 2 is 1.79 bits per heavy atom. The second kappa shape index (κ2) is 8.68. The first kappa shape index (κ1) is 18.9. The third kappa shape index (κ3) is 4.68. The van der Waals surface area contributed by atoms with Crippen LogP contribution in [-0.2, 0) is 6.54 Å². The summed E-state index contributed by atoms with van der Waals surface area (Å²) < 4.78 is 13.7. The number of nitrogens with one attached hydrogen (secondary N) is 2. The third-order valence-corrected chi connectivity index (χ3v) is 4.91. The smallest absolute Gasteiger partial charge is 0.274 e. The molecule has 1 amide bonds. The highest BCUT2D eigenvalue weighted by molar-refractivity contribution is 6.03. The average Bonchev–Trinajstić information content (AvgIpc) is 3.29. The summed E-state index contributed by atoms with van der Waals surface area (Å²) in [6.07, 6.45) is 3.76. The number of amides is 1. The van der Waals surface area contributed by atoms with Gasteiger partial charge in [0.1, 0.15) is 23.7 Å². The topological polar surface area (TPSA) is 70.2 Å². The Morgan fingerprint density at radius 3 is 2.55 bits per heavy atom. The number of hydrogen-bond donors (Lipinski definition) is 2. The van der Waals surface area contributed by atoms with Crippen LogP contribution in [0, 0.1) is 5.82 Å².